The first-order valence-electron chi connectivity index (χ1n) is 6.71. The zero-order valence-electron chi connectivity index (χ0n) is 11.1. The Morgan fingerprint density at radius 3 is 2.59 bits per heavy atom. The molecule has 17 heavy (non-hydrogen) atoms. The Bertz CT molecular complexity index is 281. The van der Waals surface area contributed by atoms with E-state index in [4.69, 9.17) is 5.73 Å². The molecule has 4 nitrogen and oxygen atoms in total. The van der Waals surface area contributed by atoms with Gasteiger partial charge in [0.2, 0.25) is 5.91 Å². The first kappa shape index (κ1) is 12.8. The normalized spacial score (nSPS) is 27.3. The van der Waals surface area contributed by atoms with Gasteiger partial charge in [0.15, 0.2) is 0 Å². The fourth-order valence-corrected chi connectivity index (χ4v) is 2.95. The minimum Gasteiger partial charge on any atom is -0.341 e. The van der Waals surface area contributed by atoms with Gasteiger partial charge in [-0.05, 0) is 45.3 Å². The van der Waals surface area contributed by atoms with E-state index in [0.29, 0.717) is 24.9 Å². The molecule has 1 unspecified atom stereocenters. The number of nitrogens with two attached hydrogens (primary N) is 1. The topological polar surface area (TPSA) is 49.6 Å². The summed E-state index contributed by atoms with van der Waals surface area (Å²) in [6, 6.07) is 0.536. The van der Waals surface area contributed by atoms with Crippen molar-refractivity contribution in [3.05, 3.63) is 0 Å². The second-order valence-electron chi connectivity index (χ2n) is 5.98. The molecule has 2 N–H and O–H groups in total. The molecule has 0 radical (unpaired) electrons. The number of likely N-dealkylation sites (N-methyl/N-ethyl adjacent to an activating group) is 1. The molecule has 1 aliphatic heterocycles. The Morgan fingerprint density at radius 2 is 2.18 bits per heavy atom. The Morgan fingerprint density at radius 1 is 1.47 bits per heavy atom. The van der Waals surface area contributed by atoms with E-state index in [1.54, 1.807) is 0 Å². The molecule has 1 saturated carbocycles. The van der Waals surface area contributed by atoms with Crippen molar-refractivity contribution >= 4 is 5.91 Å². The average Bonchev–Trinajstić information content (AvgIpc) is 2.72. The zero-order valence-corrected chi connectivity index (χ0v) is 11.1. The number of hydrogen-bond acceptors (Lipinski definition) is 3. The Kier molecular flexibility index (Phi) is 3.73. The van der Waals surface area contributed by atoms with Gasteiger partial charge in [-0.3, -0.25) is 4.79 Å². The highest BCUT2D eigenvalue weighted by Gasteiger charge is 2.39. The van der Waals surface area contributed by atoms with E-state index in [1.165, 1.54) is 6.42 Å². The van der Waals surface area contributed by atoms with Gasteiger partial charge in [-0.15, -0.1) is 0 Å². The average molecular weight is 239 g/mol. The molecule has 0 spiro atoms. The Balaban J connectivity index is 1.85. The maximum Gasteiger partial charge on any atom is 0.223 e. The van der Waals surface area contributed by atoms with Gasteiger partial charge in [-0.2, -0.15) is 0 Å². The SMILES string of the molecule is CN(C)C1CCN(C(=O)CC2(CN)CCC2)C1. The van der Waals surface area contributed by atoms with Crippen LogP contribution in [0.2, 0.25) is 0 Å². The number of amides is 1. The Hall–Kier alpha value is -0.610. The van der Waals surface area contributed by atoms with E-state index in [1.807, 2.05) is 4.90 Å². The van der Waals surface area contributed by atoms with Crippen LogP contribution in [0.4, 0.5) is 0 Å². The number of likely N-dealkylation sites (tertiary alicyclic amines) is 1. The lowest BCUT2D eigenvalue weighted by molar-refractivity contribution is -0.134. The van der Waals surface area contributed by atoms with Crippen LogP contribution in [-0.4, -0.2) is 55.5 Å². The maximum atomic E-state index is 12.2. The predicted molar refractivity (Wildman–Crippen MR) is 68.6 cm³/mol. The monoisotopic (exact) mass is 239 g/mol. The van der Waals surface area contributed by atoms with Gasteiger partial charge >= 0.3 is 0 Å². The van der Waals surface area contributed by atoms with Crippen molar-refractivity contribution in [1.82, 2.24) is 9.80 Å². The van der Waals surface area contributed by atoms with Gasteiger partial charge < -0.3 is 15.5 Å². The summed E-state index contributed by atoms with van der Waals surface area (Å²) >= 11 is 0. The zero-order chi connectivity index (χ0) is 12.5. The number of nitrogens with zero attached hydrogens (tertiary/aromatic N) is 2. The van der Waals surface area contributed by atoms with E-state index in [0.717, 1.165) is 32.4 Å². The van der Waals surface area contributed by atoms with Gasteiger partial charge in [0.1, 0.15) is 0 Å². The minimum atomic E-state index is 0.146. The fraction of sp³-hybridized carbons (Fsp3) is 0.923. The molecule has 1 heterocycles. The maximum absolute atomic E-state index is 12.2. The molecular weight excluding hydrogens is 214 g/mol. The molecule has 0 aromatic heterocycles. The second kappa shape index (κ2) is 4.94. The predicted octanol–water partition coefficient (Wildman–Crippen LogP) is 0.668. The molecule has 2 aliphatic rings. The van der Waals surface area contributed by atoms with Crippen LogP contribution in [0, 0.1) is 5.41 Å². The van der Waals surface area contributed by atoms with Crippen LogP contribution in [0.25, 0.3) is 0 Å². The van der Waals surface area contributed by atoms with Crippen LogP contribution in [0.5, 0.6) is 0 Å². The van der Waals surface area contributed by atoms with E-state index < -0.39 is 0 Å². The van der Waals surface area contributed by atoms with Gasteiger partial charge in [0, 0.05) is 25.6 Å². The van der Waals surface area contributed by atoms with E-state index in [2.05, 4.69) is 19.0 Å². The van der Waals surface area contributed by atoms with E-state index in [9.17, 15) is 4.79 Å². The van der Waals surface area contributed by atoms with Crippen LogP contribution < -0.4 is 5.73 Å². The lowest BCUT2D eigenvalue weighted by atomic mass is 9.66. The first-order valence-corrected chi connectivity index (χ1v) is 6.71. The number of hydrogen-bond donors (Lipinski definition) is 1. The molecule has 2 rings (SSSR count). The van der Waals surface area contributed by atoms with Crippen molar-refractivity contribution in [3.8, 4) is 0 Å². The van der Waals surface area contributed by atoms with Crippen molar-refractivity contribution in [3.63, 3.8) is 0 Å². The van der Waals surface area contributed by atoms with Crippen molar-refractivity contribution in [2.45, 2.75) is 38.1 Å². The van der Waals surface area contributed by atoms with Gasteiger partial charge in [-0.1, -0.05) is 6.42 Å². The van der Waals surface area contributed by atoms with Crippen LogP contribution in [-0.2, 0) is 4.79 Å². The van der Waals surface area contributed by atoms with Crippen molar-refractivity contribution in [2.75, 3.05) is 33.7 Å². The van der Waals surface area contributed by atoms with Crippen molar-refractivity contribution in [2.24, 2.45) is 11.1 Å². The van der Waals surface area contributed by atoms with Crippen molar-refractivity contribution in [1.29, 1.82) is 0 Å². The largest absolute Gasteiger partial charge is 0.341 e. The van der Waals surface area contributed by atoms with Gasteiger partial charge in [-0.25, -0.2) is 0 Å². The molecule has 1 amide bonds. The summed E-state index contributed by atoms with van der Waals surface area (Å²) in [6.07, 6.45) is 5.29. The Labute approximate surface area is 104 Å². The standard InChI is InChI=1S/C13H25N3O/c1-15(2)11-4-7-16(9-11)12(17)8-13(10-14)5-3-6-13/h11H,3-10,14H2,1-2H3. The molecule has 0 bridgehead atoms. The van der Waals surface area contributed by atoms with Crippen LogP contribution in [0.15, 0.2) is 0 Å². The highest BCUT2D eigenvalue weighted by Crippen LogP contribution is 2.43. The summed E-state index contributed by atoms with van der Waals surface area (Å²) in [5, 5.41) is 0. The summed E-state index contributed by atoms with van der Waals surface area (Å²) in [5.74, 6) is 0.319. The van der Waals surface area contributed by atoms with Crippen molar-refractivity contribution < 1.29 is 4.79 Å². The third kappa shape index (κ3) is 2.63. The molecule has 0 aromatic carbocycles. The molecule has 1 saturated heterocycles. The lowest BCUT2D eigenvalue weighted by Crippen LogP contribution is -2.43. The van der Waals surface area contributed by atoms with Crippen LogP contribution >= 0.6 is 0 Å². The van der Waals surface area contributed by atoms with E-state index >= 15 is 0 Å². The molecular formula is C13H25N3O. The van der Waals surface area contributed by atoms with Crippen LogP contribution in [0.1, 0.15) is 32.1 Å². The molecule has 4 heteroatoms. The lowest BCUT2D eigenvalue weighted by Gasteiger charge is -2.41. The quantitative estimate of drug-likeness (QED) is 0.784. The fourth-order valence-electron chi connectivity index (χ4n) is 2.95. The molecule has 0 aromatic rings. The van der Waals surface area contributed by atoms with Gasteiger partial charge in [0.05, 0.1) is 0 Å². The number of carbonyl (C=O) groups is 1. The minimum absolute atomic E-state index is 0.146. The molecule has 1 aliphatic carbocycles. The van der Waals surface area contributed by atoms with Gasteiger partial charge in [0.25, 0.3) is 0 Å². The molecule has 98 valence electrons. The molecule has 2 fully saturated rings. The third-order valence-corrected chi connectivity index (χ3v) is 4.62. The highest BCUT2D eigenvalue weighted by atomic mass is 16.2. The summed E-state index contributed by atoms with van der Waals surface area (Å²) in [4.78, 5) is 16.5. The molecule has 1 atom stereocenters. The summed E-state index contributed by atoms with van der Waals surface area (Å²) in [6.45, 7) is 2.48. The van der Waals surface area contributed by atoms with E-state index in [-0.39, 0.29) is 5.41 Å². The summed E-state index contributed by atoms with van der Waals surface area (Å²) in [5.41, 5.74) is 5.96. The number of rotatable bonds is 4. The highest BCUT2D eigenvalue weighted by molar-refractivity contribution is 5.77. The van der Waals surface area contributed by atoms with Crippen LogP contribution in [0.3, 0.4) is 0 Å². The first-order chi connectivity index (χ1) is 8.06. The summed E-state index contributed by atoms with van der Waals surface area (Å²) < 4.78 is 0. The number of carbonyl (C=O) groups excluding carboxylic acids is 1. The smallest absolute Gasteiger partial charge is 0.223 e. The second-order valence-corrected chi connectivity index (χ2v) is 5.98. The summed E-state index contributed by atoms with van der Waals surface area (Å²) in [7, 11) is 4.18. The third-order valence-electron chi connectivity index (χ3n) is 4.62.